The van der Waals surface area contributed by atoms with Crippen LogP contribution in [-0.4, -0.2) is 32.8 Å². The van der Waals surface area contributed by atoms with E-state index >= 15 is 0 Å². The maximum absolute atomic E-state index is 12.3. The van der Waals surface area contributed by atoms with Crippen LogP contribution in [0.4, 0.5) is 0 Å². The fraction of sp³-hybridized carbons (Fsp3) is 0.348. The lowest BCUT2D eigenvalue weighted by molar-refractivity contribution is -0.118. The molecule has 0 spiro atoms. The zero-order valence-corrected chi connectivity index (χ0v) is 18.1. The van der Waals surface area contributed by atoms with Crippen molar-refractivity contribution in [1.82, 2.24) is 19.9 Å². The van der Waals surface area contributed by atoms with Crippen LogP contribution in [0.1, 0.15) is 29.5 Å². The number of imidazole rings is 1. The van der Waals surface area contributed by atoms with Gasteiger partial charge >= 0.3 is 0 Å². The molecule has 7 heteroatoms. The van der Waals surface area contributed by atoms with E-state index in [1.54, 1.807) is 12.4 Å². The van der Waals surface area contributed by atoms with Crippen LogP contribution in [-0.2, 0) is 11.3 Å². The minimum Gasteiger partial charge on any atom is -0.477 e. The van der Waals surface area contributed by atoms with E-state index in [1.165, 1.54) is 35.7 Å². The third-order valence-electron chi connectivity index (χ3n) is 4.87. The number of carbonyl (C=O) groups is 1. The number of aromatic nitrogens is 3. The average molecular weight is 423 g/mol. The molecule has 0 unspecified atom stereocenters. The molecule has 1 aliphatic carbocycles. The molecular weight excluding hydrogens is 396 g/mol. The normalized spacial score (nSPS) is 13.3. The minimum atomic E-state index is -0.0379. The molecule has 0 saturated heterocycles. The van der Waals surface area contributed by atoms with E-state index in [9.17, 15) is 4.79 Å². The first kappa shape index (κ1) is 20.5. The Labute approximate surface area is 181 Å². The molecule has 4 rings (SSSR count). The summed E-state index contributed by atoms with van der Waals surface area (Å²) in [7, 11) is 0. The number of hydrogen-bond acceptors (Lipinski definition) is 5. The van der Waals surface area contributed by atoms with Crippen molar-refractivity contribution in [3.05, 3.63) is 65.6 Å². The van der Waals surface area contributed by atoms with Crippen molar-refractivity contribution >= 4 is 17.7 Å². The highest BCUT2D eigenvalue weighted by Crippen LogP contribution is 2.29. The molecule has 1 aromatic carbocycles. The third kappa shape index (κ3) is 5.63. The summed E-state index contributed by atoms with van der Waals surface area (Å²) in [6.07, 6.45) is 7.95. The van der Waals surface area contributed by atoms with Crippen LogP contribution in [0.25, 0.3) is 5.69 Å². The summed E-state index contributed by atoms with van der Waals surface area (Å²) in [6, 6.07) is 10.2. The second-order valence-electron chi connectivity index (χ2n) is 7.75. The van der Waals surface area contributed by atoms with Gasteiger partial charge in [-0.3, -0.25) is 9.36 Å². The van der Waals surface area contributed by atoms with E-state index in [1.807, 2.05) is 22.9 Å². The number of rotatable bonds is 9. The number of pyridine rings is 1. The number of hydrogen-bond donors (Lipinski definition) is 1. The standard InChI is InChI=1S/C23H26N4O2S/c1-16-9-17(2)11-20(10-16)27-8-7-24-23(27)30-15-21(28)25-12-19-5-6-22(26-13-19)29-14-18-3-4-18/h5-11,13,18H,3-4,12,14-15H2,1-2H3,(H,25,28). The number of aryl methyl sites for hydroxylation is 2. The fourth-order valence-electron chi connectivity index (χ4n) is 3.15. The zero-order chi connectivity index (χ0) is 20.9. The first-order valence-corrected chi connectivity index (χ1v) is 11.1. The van der Waals surface area contributed by atoms with Gasteiger partial charge in [-0.25, -0.2) is 9.97 Å². The summed E-state index contributed by atoms with van der Waals surface area (Å²) in [5.41, 5.74) is 4.40. The third-order valence-corrected chi connectivity index (χ3v) is 5.84. The van der Waals surface area contributed by atoms with E-state index in [0.717, 1.165) is 23.0 Å². The minimum absolute atomic E-state index is 0.0379. The fourth-order valence-corrected chi connectivity index (χ4v) is 3.96. The largest absolute Gasteiger partial charge is 0.477 e. The summed E-state index contributed by atoms with van der Waals surface area (Å²) in [5.74, 6) is 1.61. The summed E-state index contributed by atoms with van der Waals surface area (Å²) >= 11 is 1.43. The Morgan fingerprint density at radius 2 is 2.00 bits per heavy atom. The van der Waals surface area contributed by atoms with Gasteiger partial charge in [0, 0.05) is 36.9 Å². The number of nitrogens with zero attached hydrogens (tertiary/aromatic N) is 3. The van der Waals surface area contributed by atoms with Crippen LogP contribution in [0.15, 0.2) is 54.1 Å². The predicted molar refractivity (Wildman–Crippen MR) is 118 cm³/mol. The molecule has 1 fully saturated rings. The summed E-state index contributed by atoms with van der Waals surface area (Å²) in [6.45, 7) is 5.35. The molecule has 1 saturated carbocycles. The Kier molecular flexibility index (Phi) is 6.38. The monoisotopic (exact) mass is 422 g/mol. The van der Waals surface area contributed by atoms with E-state index in [4.69, 9.17) is 4.74 Å². The molecule has 6 nitrogen and oxygen atoms in total. The molecule has 2 heterocycles. The molecule has 3 aromatic rings. The highest BCUT2D eigenvalue weighted by molar-refractivity contribution is 7.99. The predicted octanol–water partition coefficient (Wildman–Crippen LogP) is 4.08. The van der Waals surface area contributed by atoms with Crippen LogP contribution in [0, 0.1) is 19.8 Å². The van der Waals surface area contributed by atoms with Crippen LogP contribution in [0.2, 0.25) is 0 Å². The van der Waals surface area contributed by atoms with Crippen molar-refractivity contribution in [3.8, 4) is 11.6 Å². The maximum Gasteiger partial charge on any atom is 0.230 e. The van der Waals surface area contributed by atoms with Crippen molar-refractivity contribution in [2.45, 2.75) is 38.4 Å². The highest BCUT2D eigenvalue weighted by Gasteiger charge is 2.22. The number of carbonyl (C=O) groups excluding carboxylic acids is 1. The van der Waals surface area contributed by atoms with E-state index < -0.39 is 0 Å². The van der Waals surface area contributed by atoms with Crippen molar-refractivity contribution in [2.75, 3.05) is 12.4 Å². The zero-order valence-electron chi connectivity index (χ0n) is 17.3. The topological polar surface area (TPSA) is 69.0 Å². The lowest BCUT2D eigenvalue weighted by Gasteiger charge is -2.10. The van der Waals surface area contributed by atoms with Gasteiger partial charge in [-0.2, -0.15) is 0 Å². The number of nitrogens with one attached hydrogen (secondary N) is 1. The van der Waals surface area contributed by atoms with Gasteiger partial charge in [0.05, 0.1) is 12.4 Å². The molecule has 2 aromatic heterocycles. The van der Waals surface area contributed by atoms with Gasteiger partial charge in [-0.15, -0.1) is 0 Å². The van der Waals surface area contributed by atoms with Crippen molar-refractivity contribution in [3.63, 3.8) is 0 Å². The lowest BCUT2D eigenvalue weighted by atomic mass is 10.1. The van der Waals surface area contributed by atoms with Gasteiger partial charge in [0.25, 0.3) is 0 Å². The Hall–Kier alpha value is -2.80. The van der Waals surface area contributed by atoms with Crippen LogP contribution in [0.3, 0.4) is 0 Å². The number of ether oxygens (including phenoxy) is 1. The van der Waals surface area contributed by atoms with Crippen LogP contribution in [0.5, 0.6) is 5.88 Å². The molecular formula is C23H26N4O2S. The van der Waals surface area contributed by atoms with Crippen LogP contribution < -0.4 is 10.1 Å². The Morgan fingerprint density at radius 1 is 1.20 bits per heavy atom. The molecule has 0 radical (unpaired) electrons. The summed E-state index contributed by atoms with van der Waals surface area (Å²) in [4.78, 5) is 21.0. The van der Waals surface area contributed by atoms with Gasteiger partial charge in [-0.05, 0) is 61.4 Å². The van der Waals surface area contributed by atoms with Gasteiger partial charge in [-0.1, -0.05) is 23.9 Å². The number of benzene rings is 1. The maximum atomic E-state index is 12.3. The van der Waals surface area contributed by atoms with Crippen LogP contribution >= 0.6 is 11.8 Å². The molecule has 0 aliphatic heterocycles. The number of thioether (sulfide) groups is 1. The second kappa shape index (κ2) is 9.34. The van der Waals surface area contributed by atoms with E-state index in [0.29, 0.717) is 24.1 Å². The SMILES string of the molecule is Cc1cc(C)cc(-n2ccnc2SCC(=O)NCc2ccc(OCC3CC3)nc2)c1. The molecule has 156 valence electrons. The first-order chi connectivity index (χ1) is 14.6. The smallest absolute Gasteiger partial charge is 0.230 e. The van der Waals surface area contributed by atoms with E-state index in [2.05, 4.69) is 47.3 Å². The van der Waals surface area contributed by atoms with Gasteiger partial charge in [0.2, 0.25) is 11.8 Å². The molecule has 0 atom stereocenters. The molecule has 1 amide bonds. The van der Waals surface area contributed by atoms with Crippen molar-refractivity contribution in [1.29, 1.82) is 0 Å². The molecule has 1 aliphatic rings. The van der Waals surface area contributed by atoms with Crippen molar-refractivity contribution in [2.24, 2.45) is 5.92 Å². The summed E-state index contributed by atoms with van der Waals surface area (Å²) in [5, 5.41) is 3.74. The second-order valence-corrected chi connectivity index (χ2v) is 8.69. The Bertz CT molecular complexity index is 992. The lowest BCUT2D eigenvalue weighted by Crippen LogP contribution is -2.24. The molecule has 30 heavy (non-hydrogen) atoms. The summed E-state index contributed by atoms with van der Waals surface area (Å²) < 4.78 is 7.66. The number of amides is 1. The van der Waals surface area contributed by atoms with Gasteiger partial charge in [0.15, 0.2) is 5.16 Å². The van der Waals surface area contributed by atoms with Gasteiger partial charge < -0.3 is 10.1 Å². The molecule has 1 N–H and O–H groups in total. The highest BCUT2D eigenvalue weighted by atomic mass is 32.2. The Morgan fingerprint density at radius 3 is 2.70 bits per heavy atom. The van der Waals surface area contributed by atoms with E-state index in [-0.39, 0.29) is 5.91 Å². The Balaban J connectivity index is 1.26. The first-order valence-electron chi connectivity index (χ1n) is 10.2. The quantitative estimate of drug-likeness (QED) is 0.526. The van der Waals surface area contributed by atoms with Gasteiger partial charge in [0.1, 0.15) is 0 Å². The molecule has 0 bridgehead atoms. The van der Waals surface area contributed by atoms with Crippen molar-refractivity contribution < 1.29 is 9.53 Å². The average Bonchev–Trinajstić information content (AvgIpc) is 3.44.